The van der Waals surface area contributed by atoms with Crippen molar-refractivity contribution in [3.63, 3.8) is 0 Å². The molecule has 2 nitrogen and oxygen atoms in total. The lowest BCUT2D eigenvalue weighted by Crippen LogP contribution is -2.10. The fourth-order valence-electron chi connectivity index (χ4n) is 6.75. The Hall–Kier alpha value is -5.86. The summed E-state index contributed by atoms with van der Waals surface area (Å²) < 4.78 is 6.26. The van der Waals surface area contributed by atoms with E-state index in [1.54, 1.807) is 0 Å². The van der Waals surface area contributed by atoms with Gasteiger partial charge in [-0.1, -0.05) is 115 Å². The molecule has 0 aliphatic rings. The highest BCUT2D eigenvalue weighted by Crippen LogP contribution is 2.43. The van der Waals surface area contributed by atoms with Crippen molar-refractivity contribution in [1.29, 1.82) is 0 Å². The molecule has 8 aromatic carbocycles. The fraction of sp³-hybridized carbons (Fsp3) is 0. The summed E-state index contributed by atoms with van der Waals surface area (Å²) >= 11 is 0. The monoisotopic (exact) mass is 561 g/mol. The van der Waals surface area contributed by atoms with E-state index in [0.717, 1.165) is 39.0 Å². The predicted molar refractivity (Wildman–Crippen MR) is 186 cm³/mol. The summed E-state index contributed by atoms with van der Waals surface area (Å²) in [5.74, 6) is 0. The number of nitrogens with zero attached hydrogens (tertiary/aromatic N) is 1. The van der Waals surface area contributed by atoms with Gasteiger partial charge in [-0.3, -0.25) is 0 Å². The van der Waals surface area contributed by atoms with Gasteiger partial charge in [0.2, 0.25) is 0 Å². The molecule has 44 heavy (non-hydrogen) atoms. The first kappa shape index (κ1) is 24.7. The minimum absolute atomic E-state index is 0.886. The molecule has 0 amide bonds. The Morgan fingerprint density at radius 1 is 0.364 bits per heavy atom. The standard InChI is InChI=1S/C42H27NO/c1-2-10-33(11-3-1)43(38-14-8-16-40-42(38)36-13-6-7-15-39(36)44-40)34-25-23-28(24-26-34)32-22-19-30-18-21-31-20-17-29-9-4-5-12-35(29)41(31)37(30)27-32/h1-27H. The van der Waals surface area contributed by atoms with Gasteiger partial charge in [0.1, 0.15) is 11.2 Å². The largest absolute Gasteiger partial charge is 0.456 e. The third kappa shape index (κ3) is 3.89. The third-order valence-electron chi connectivity index (χ3n) is 8.82. The van der Waals surface area contributed by atoms with Crippen LogP contribution in [0, 0.1) is 0 Å². The Labute approximate surface area is 255 Å². The Kier molecular flexibility index (Phi) is 5.54. The van der Waals surface area contributed by atoms with Crippen LogP contribution in [0.15, 0.2) is 168 Å². The van der Waals surface area contributed by atoms with Crippen molar-refractivity contribution in [3.8, 4) is 11.1 Å². The zero-order valence-corrected chi connectivity index (χ0v) is 23.9. The van der Waals surface area contributed by atoms with E-state index in [0.29, 0.717) is 0 Å². The first-order valence-electron chi connectivity index (χ1n) is 15.0. The molecule has 0 aliphatic carbocycles. The quantitative estimate of drug-likeness (QED) is 0.199. The topological polar surface area (TPSA) is 16.4 Å². The van der Waals surface area contributed by atoms with Crippen LogP contribution in [-0.4, -0.2) is 0 Å². The summed E-state index contributed by atoms with van der Waals surface area (Å²) in [6.45, 7) is 0. The molecule has 2 heteroatoms. The van der Waals surface area contributed by atoms with Gasteiger partial charge in [0, 0.05) is 16.8 Å². The van der Waals surface area contributed by atoms with Crippen molar-refractivity contribution in [1.82, 2.24) is 0 Å². The van der Waals surface area contributed by atoms with Gasteiger partial charge in [0.25, 0.3) is 0 Å². The number of para-hydroxylation sites is 2. The molecule has 0 atom stereocenters. The molecule has 9 rings (SSSR count). The van der Waals surface area contributed by atoms with Gasteiger partial charge < -0.3 is 9.32 Å². The maximum absolute atomic E-state index is 6.26. The Morgan fingerprint density at radius 3 is 1.82 bits per heavy atom. The van der Waals surface area contributed by atoms with Crippen molar-refractivity contribution in [2.45, 2.75) is 0 Å². The number of benzene rings is 8. The van der Waals surface area contributed by atoms with Crippen LogP contribution in [0.1, 0.15) is 0 Å². The van der Waals surface area contributed by atoms with Crippen molar-refractivity contribution < 1.29 is 4.42 Å². The molecule has 0 bridgehead atoms. The Morgan fingerprint density at radius 2 is 0.977 bits per heavy atom. The molecule has 0 fully saturated rings. The van der Waals surface area contributed by atoms with Crippen molar-refractivity contribution in [2.24, 2.45) is 0 Å². The lowest BCUT2D eigenvalue weighted by atomic mass is 9.94. The SMILES string of the molecule is c1ccc(N(c2ccc(-c3ccc4ccc5ccc6ccccc6c5c4c3)cc2)c2cccc3oc4ccccc4c23)cc1. The number of hydrogen-bond donors (Lipinski definition) is 0. The minimum Gasteiger partial charge on any atom is -0.456 e. The predicted octanol–water partition coefficient (Wildman–Crippen LogP) is 12.2. The van der Waals surface area contributed by atoms with Gasteiger partial charge in [-0.25, -0.2) is 0 Å². The molecule has 0 N–H and O–H groups in total. The van der Waals surface area contributed by atoms with Gasteiger partial charge in [0.15, 0.2) is 0 Å². The lowest BCUT2D eigenvalue weighted by molar-refractivity contribution is 0.669. The van der Waals surface area contributed by atoms with E-state index in [4.69, 9.17) is 4.42 Å². The molecule has 0 spiro atoms. The van der Waals surface area contributed by atoms with Crippen LogP contribution in [-0.2, 0) is 0 Å². The minimum atomic E-state index is 0.886. The summed E-state index contributed by atoms with van der Waals surface area (Å²) in [7, 11) is 0. The molecule has 0 saturated carbocycles. The second kappa shape index (κ2) is 9.86. The smallest absolute Gasteiger partial charge is 0.137 e. The lowest BCUT2D eigenvalue weighted by Gasteiger charge is -2.26. The van der Waals surface area contributed by atoms with E-state index in [2.05, 4.69) is 157 Å². The van der Waals surface area contributed by atoms with E-state index in [-0.39, 0.29) is 0 Å². The fourth-order valence-corrected chi connectivity index (χ4v) is 6.75. The number of rotatable bonds is 4. The van der Waals surface area contributed by atoms with E-state index in [9.17, 15) is 0 Å². The maximum Gasteiger partial charge on any atom is 0.137 e. The highest BCUT2D eigenvalue weighted by molar-refractivity contribution is 6.20. The molecular weight excluding hydrogens is 534 g/mol. The van der Waals surface area contributed by atoms with Crippen molar-refractivity contribution in [2.75, 3.05) is 4.90 Å². The molecular formula is C42H27NO. The van der Waals surface area contributed by atoms with E-state index >= 15 is 0 Å². The number of fused-ring (bicyclic) bond motifs is 8. The molecule has 0 radical (unpaired) electrons. The first-order chi connectivity index (χ1) is 21.8. The molecule has 0 aliphatic heterocycles. The molecule has 1 aromatic heterocycles. The number of furan rings is 1. The molecule has 0 saturated heterocycles. The summed E-state index contributed by atoms with van der Waals surface area (Å²) in [5.41, 5.74) is 7.46. The normalized spacial score (nSPS) is 11.6. The molecule has 1 heterocycles. The van der Waals surface area contributed by atoms with E-state index < -0.39 is 0 Å². The van der Waals surface area contributed by atoms with E-state index in [1.165, 1.54) is 43.4 Å². The van der Waals surface area contributed by atoms with Crippen molar-refractivity contribution >= 4 is 71.3 Å². The van der Waals surface area contributed by atoms with Crippen LogP contribution in [0.4, 0.5) is 17.1 Å². The Balaban J connectivity index is 1.20. The summed E-state index contributed by atoms with van der Waals surface area (Å²) in [5, 5.41) is 9.91. The summed E-state index contributed by atoms with van der Waals surface area (Å²) in [6.07, 6.45) is 0. The van der Waals surface area contributed by atoms with Crippen LogP contribution in [0.2, 0.25) is 0 Å². The highest BCUT2D eigenvalue weighted by Gasteiger charge is 2.19. The Bertz CT molecular complexity index is 2480. The number of anilines is 3. The molecule has 9 aromatic rings. The zero-order valence-electron chi connectivity index (χ0n) is 23.9. The number of hydrogen-bond acceptors (Lipinski definition) is 2. The van der Waals surface area contributed by atoms with Gasteiger partial charge in [0.05, 0.1) is 11.1 Å². The maximum atomic E-state index is 6.26. The zero-order chi connectivity index (χ0) is 29.0. The molecule has 0 unspecified atom stereocenters. The second-order valence-corrected chi connectivity index (χ2v) is 11.4. The average molecular weight is 562 g/mol. The second-order valence-electron chi connectivity index (χ2n) is 11.4. The third-order valence-corrected chi connectivity index (χ3v) is 8.82. The summed E-state index contributed by atoms with van der Waals surface area (Å²) in [6, 6.07) is 58.5. The molecule has 206 valence electrons. The first-order valence-corrected chi connectivity index (χ1v) is 15.0. The van der Waals surface area contributed by atoms with Crippen LogP contribution in [0.5, 0.6) is 0 Å². The van der Waals surface area contributed by atoms with Crippen LogP contribution in [0.3, 0.4) is 0 Å². The van der Waals surface area contributed by atoms with Crippen LogP contribution in [0.25, 0.3) is 65.4 Å². The van der Waals surface area contributed by atoms with Gasteiger partial charge in [-0.2, -0.15) is 0 Å². The van der Waals surface area contributed by atoms with E-state index in [1.807, 2.05) is 12.1 Å². The van der Waals surface area contributed by atoms with Crippen LogP contribution < -0.4 is 4.90 Å². The average Bonchev–Trinajstić information content (AvgIpc) is 3.48. The van der Waals surface area contributed by atoms with Crippen LogP contribution >= 0.6 is 0 Å². The van der Waals surface area contributed by atoms with Crippen molar-refractivity contribution in [3.05, 3.63) is 164 Å². The van der Waals surface area contributed by atoms with Gasteiger partial charge in [-0.05, 0) is 92.0 Å². The summed E-state index contributed by atoms with van der Waals surface area (Å²) in [4.78, 5) is 2.33. The van der Waals surface area contributed by atoms with Gasteiger partial charge in [-0.15, -0.1) is 0 Å². The van der Waals surface area contributed by atoms with Gasteiger partial charge >= 0.3 is 0 Å². The highest BCUT2D eigenvalue weighted by atomic mass is 16.3.